The number of morpholine rings is 1. The molecular formula is C21H29N3O5S. The lowest BCUT2D eigenvalue weighted by molar-refractivity contribution is -0.385. The third-order valence-corrected chi connectivity index (χ3v) is 9.52. The standard InChI is InChI=1S/C21H29N3O5S/c25-24(26)18-1-2-19(20(10-18)30(27,28)23-3-5-29-6-4-23)22-14-21-11-15-7-16(12-21)9-17(8-15)13-21/h1-2,10,15-17,22H,3-9,11-14H2. The highest BCUT2D eigenvalue weighted by molar-refractivity contribution is 7.89. The highest BCUT2D eigenvalue weighted by Gasteiger charge is 2.50. The van der Waals surface area contributed by atoms with Gasteiger partial charge in [0.1, 0.15) is 4.90 Å². The second kappa shape index (κ2) is 7.46. The first-order valence-corrected chi connectivity index (χ1v) is 12.4. The van der Waals surface area contributed by atoms with Gasteiger partial charge in [-0.05, 0) is 67.8 Å². The number of nitro groups is 1. The Morgan fingerprint density at radius 2 is 1.70 bits per heavy atom. The van der Waals surface area contributed by atoms with E-state index in [-0.39, 0.29) is 29.1 Å². The molecule has 9 heteroatoms. The summed E-state index contributed by atoms with van der Waals surface area (Å²) >= 11 is 0. The van der Waals surface area contributed by atoms with Gasteiger partial charge in [-0.25, -0.2) is 8.42 Å². The average Bonchev–Trinajstić information content (AvgIpc) is 2.72. The van der Waals surface area contributed by atoms with Crippen molar-refractivity contribution in [3.05, 3.63) is 28.3 Å². The molecule has 30 heavy (non-hydrogen) atoms. The Hall–Kier alpha value is -1.71. The van der Waals surface area contributed by atoms with Crippen LogP contribution in [0.1, 0.15) is 38.5 Å². The van der Waals surface area contributed by atoms with E-state index in [2.05, 4.69) is 5.32 Å². The molecule has 6 rings (SSSR count). The van der Waals surface area contributed by atoms with Crippen molar-refractivity contribution in [1.82, 2.24) is 4.31 Å². The molecule has 5 fully saturated rings. The molecule has 1 aromatic rings. The fourth-order valence-electron chi connectivity index (χ4n) is 6.70. The lowest BCUT2D eigenvalue weighted by Gasteiger charge is -2.57. The van der Waals surface area contributed by atoms with Crippen LogP contribution in [0.15, 0.2) is 23.1 Å². The van der Waals surface area contributed by atoms with E-state index in [0.717, 1.165) is 24.3 Å². The van der Waals surface area contributed by atoms with Gasteiger partial charge in [-0.3, -0.25) is 10.1 Å². The summed E-state index contributed by atoms with van der Waals surface area (Å²) in [4.78, 5) is 10.8. The molecule has 1 aromatic carbocycles. The summed E-state index contributed by atoms with van der Waals surface area (Å²) in [5.41, 5.74) is 0.501. The molecule has 5 aliphatic rings. The lowest BCUT2D eigenvalue weighted by atomic mass is 9.49. The van der Waals surface area contributed by atoms with Crippen LogP contribution in [0.2, 0.25) is 0 Å². The zero-order valence-corrected chi connectivity index (χ0v) is 17.9. The zero-order valence-electron chi connectivity index (χ0n) is 17.1. The fourth-order valence-corrected chi connectivity index (χ4v) is 8.30. The predicted molar refractivity (Wildman–Crippen MR) is 112 cm³/mol. The Morgan fingerprint density at radius 1 is 1.10 bits per heavy atom. The fraction of sp³-hybridized carbons (Fsp3) is 0.714. The highest BCUT2D eigenvalue weighted by Crippen LogP contribution is 2.60. The predicted octanol–water partition coefficient (Wildman–Crippen LogP) is 3.24. The molecule has 0 atom stereocenters. The van der Waals surface area contributed by atoms with Crippen molar-refractivity contribution >= 4 is 21.4 Å². The first-order chi connectivity index (χ1) is 14.3. The number of non-ortho nitro benzene ring substituents is 1. The summed E-state index contributed by atoms with van der Waals surface area (Å²) in [6.45, 7) is 1.94. The number of sulfonamides is 1. The number of nitro benzene ring substituents is 1. The first kappa shape index (κ1) is 20.2. The largest absolute Gasteiger partial charge is 0.383 e. The molecule has 4 bridgehead atoms. The quantitative estimate of drug-likeness (QED) is 0.544. The normalized spacial score (nSPS) is 33.5. The van der Waals surface area contributed by atoms with E-state index in [1.807, 2.05) is 0 Å². The third kappa shape index (κ3) is 3.61. The van der Waals surface area contributed by atoms with Gasteiger partial charge in [0.15, 0.2) is 0 Å². The van der Waals surface area contributed by atoms with Crippen molar-refractivity contribution in [2.24, 2.45) is 23.2 Å². The molecule has 1 saturated heterocycles. The van der Waals surface area contributed by atoms with Gasteiger partial charge in [0.05, 0.1) is 23.8 Å². The second-order valence-electron chi connectivity index (χ2n) is 9.73. The van der Waals surface area contributed by atoms with Crippen LogP contribution in [0.3, 0.4) is 0 Å². The number of nitrogens with one attached hydrogen (secondary N) is 1. The average molecular weight is 436 g/mol. The minimum atomic E-state index is -3.84. The van der Waals surface area contributed by atoms with Gasteiger partial charge in [-0.2, -0.15) is 4.31 Å². The monoisotopic (exact) mass is 435 g/mol. The minimum absolute atomic E-state index is 0.00308. The van der Waals surface area contributed by atoms with Gasteiger partial charge < -0.3 is 10.1 Å². The van der Waals surface area contributed by atoms with Gasteiger partial charge in [0.25, 0.3) is 5.69 Å². The van der Waals surface area contributed by atoms with Crippen LogP contribution < -0.4 is 5.32 Å². The molecule has 4 aliphatic carbocycles. The van der Waals surface area contributed by atoms with Crippen LogP contribution in [0.25, 0.3) is 0 Å². The Morgan fingerprint density at radius 3 is 2.27 bits per heavy atom. The number of hydrogen-bond donors (Lipinski definition) is 1. The van der Waals surface area contributed by atoms with Crippen molar-refractivity contribution in [1.29, 1.82) is 0 Å². The van der Waals surface area contributed by atoms with Crippen molar-refractivity contribution in [3.63, 3.8) is 0 Å². The SMILES string of the molecule is O=[N+]([O-])c1ccc(NCC23CC4CC(CC(C4)C2)C3)c(S(=O)(=O)N2CCOCC2)c1. The molecule has 1 heterocycles. The van der Waals surface area contributed by atoms with Crippen LogP contribution in [0, 0.1) is 33.3 Å². The van der Waals surface area contributed by atoms with Crippen molar-refractivity contribution in [2.75, 3.05) is 38.2 Å². The number of ether oxygens (including phenoxy) is 1. The van der Waals surface area contributed by atoms with E-state index < -0.39 is 14.9 Å². The van der Waals surface area contributed by atoms with Crippen LogP contribution in [0.4, 0.5) is 11.4 Å². The number of rotatable bonds is 6. The van der Waals surface area contributed by atoms with E-state index in [1.54, 1.807) is 6.07 Å². The van der Waals surface area contributed by atoms with Crippen LogP contribution in [-0.2, 0) is 14.8 Å². The molecule has 0 unspecified atom stereocenters. The Kier molecular flexibility index (Phi) is 5.02. The third-order valence-electron chi connectivity index (χ3n) is 7.58. The van der Waals surface area contributed by atoms with Gasteiger partial charge in [0.2, 0.25) is 10.0 Å². The molecule has 1 N–H and O–H groups in total. The van der Waals surface area contributed by atoms with Gasteiger partial charge in [-0.15, -0.1) is 0 Å². The summed E-state index contributed by atoms with van der Waals surface area (Å²) in [7, 11) is -3.84. The maximum Gasteiger partial charge on any atom is 0.270 e. The Bertz CT molecular complexity index is 907. The topological polar surface area (TPSA) is 102 Å². The maximum absolute atomic E-state index is 13.3. The Balaban J connectivity index is 1.42. The summed E-state index contributed by atoms with van der Waals surface area (Å²) in [5, 5.41) is 14.7. The molecule has 164 valence electrons. The molecule has 0 spiro atoms. The minimum Gasteiger partial charge on any atom is -0.383 e. The summed E-state index contributed by atoms with van der Waals surface area (Å²) < 4.78 is 33.3. The van der Waals surface area contributed by atoms with E-state index in [9.17, 15) is 18.5 Å². The maximum atomic E-state index is 13.3. The van der Waals surface area contributed by atoms with Crippen molar-refractivity contribution < 1.29 is 18.1 Å². The highest BCUT2D eigenvalue weighted by atomic mass is 32.2. The molecule has 0 amide bonds. The molecule has 1 aliphatic heterocycles. The smallest absolute Gasteiger partial charge is 0.270 e. The van der Waals surface area contributed by atoms with Gasteiger partial charge in [0, 0.05) is 31.8 Å². The molecule has 8 nitrogen and oxygen atoms in total. The number of nitrogens with zero attached hydrogens (tertiary/aromatic N) is 2. The molecule has 4 saturated carbocycles. The summed E-state index contributed by atoms with van der Waals surface area (Å²) in [5.74, 6) is 2.43. The van der Waals surface area contributed by atoms with Crippen molar-refractivity contribution in [2.45, 2.75) is 43.4 Å². The number of anilines is 1. The number of hydrogen-bond acceptors (Lipinski definition) is 6. The van der Waals surface area contributed by atoms with E-state index in [1.165, 1.54) is 55.0 Å². The summed E-state index contributed by atoms with van der Waals surface area (Å²) in [6.07, 6.45) is 7.70. The van der Waals surface area contributed by atoms with Crippen LogP contribution in [0.5, 0.6) is 0 Å². The molecule has 0 radical (unpaired) electrons. The second-order valence-corrected chi connectivity index (χ2v) is 11.6. The zero-order chi connectivity index (χ0) is 20.9. The van der Waals surface area contributed by atoms with E-state index in [4.69, 9.17) is 4.74 Å². The van der Waals surface area contributed by atoms with Crippen molar-refractivity contribution in [3.8, 4) is 0 Å². The molecule has 0 aromatic heterocycles. The molecular weight excluding hydrogens is 406 g/mol. The van der Waals surface area contributed by atoms with E-state index in [0.29, 0.717) is 18.9 Å². The van der Waals surface area contributed by atoms with Gasteiger partial charge in [-0.1, -0.05) is 0 Å². The lowest BCUT2D eigenvalue weighted by Crippen LogP contribution is -2.49. The summed E-state index contributed by atoms with van der Waals surface area (Å²) in [6, 6.07) is 4.15. The van der Waals surface area contributed by atoms with Crippen LogP contribution in [-0.4, -0.2) is 50.5 Å². The van der Waals surface area contributed by atoms with Crippen LogP contribution >= 0.6 is 0 Å². The Labute approximate surface area is 177 Å². The first-order valence-electron chi connectivity index (χ1n) is 10.9. The number of benzene rings is 1. The van der Waals surface area contributed by atoms with E-state index >= 15 is 0 Å². The van der Waals surface area contributed by atoms with Gasteiger partial charge >= 0.3 is 0 Å².